The fourth-order valence-electron chi connectivity index (χ4n) is 2.83. The second kappa shape index (κ2) is 6.37. The summed E-state index contributed by atoms with van der Waals surface area (Å²) in [7, 11) is -1.43. The number of hydrogen-bond acceptors (Lipinski definition) is 2. The zero-order chi connectivity index (χ0) is 14.5. The first-order valence-corrected chi connectivity index (χ1v) is 10.4. The van der Waals surface area contributed by atoms with E-state index in [4.69, 9.17) is 4.74 Å². The third kappa shape index (κ3) is 4.20. The van der Waals surface area contributed by atoms with Gasteiger partial charge in [0.25, 0.3) is 0 Å². The minimum absolute atomic E-state index is 0.109. The second-order valence-corrected chi connectivity index (χ2v) is 11.3. The molecule has 0 fully saturated rings. The van der Waals surface area contributed by atoms with Gasteiger partial charge in [0.1, 0.15) is 6.61 Å². The maximum absolute atomic E-state index is 11.2. The van der Waals surface area contributed by atoms with Crippen LogP contribution in [0.15, 0.2) is 36.1 Å². The Morgan fingerprint density at radius 1 is 1.53 bits per heavy atom. The highest BCUT2D eigenvalue weighted by Gasteiger charge is 2.39. The van der Waals surface area contributed by atoms with Crippen molar-refractivity contribution in [2.24, 2.45) is 5.41 Å². The Balaban J connectivity index is 3.06. The maximum atomic E-state index is 11.2. The molecular weight excluding hydrogens is 252 g/mol. The molecule has 0 radical (unpaired) electrons. The molecule has 106 valence electrons. The average molecular weight is 278 g/mol. The Morgan fingerprint density at radius 3 is 2.74 bits per heavy atom. The number of hydrogen-bond donors (Lipinski definition) is 0. The molecule has 2 nitrogen and oxygen atoms in total. The van der Waals surface area contributed by atoms with Crippen LogP contribution >= 0.6 is 0 Å². The van der Waals surface area contributed by atoms with E-state index in [0.29, 0.717) is 6.61 Å². The number of carbonyl (C=O) groups excluding carboxylic acids is 1. The summed E-state index contributed by atoms with van der Waals surface area (Å²) in [5, 5.41) is 1.51. The Bertz CT molecular complexity index is 401. The first-order chi connectivity index (χ1) is 8.82. The molecule has 0 aliphatic heterocycles. The van der Waals surface area contributed by atoms with Gasteiger partial charge in [-0.2, -0.15) is 0 Å². The van der Waals surface area contributed by atoms with Crippen LogP contribution in [0.4, 0.5) is 0 Å². The summed E-state index contributed by atoms with van der Waals surface area (Å²) in [6.07, 6.45) is 11.6. The molecule has 1 unspecified atom stereocenters. The van der Waals surface area contributed by atoms with Crippen molar-refractivity contribution in [2.75, 3.05) is 6.61 Å². The van der Waals surface area contributed by atoms with Crippen LogP contribution in [0, 0.1) is 5.41 Å². The number of esters is 1. The lowest BCUT2D eigenvalue weighted by molar-refractivity contribution is -0.143. The smallest absolute Gasteiger partial charge is 0.302 e. The van der Waals surface area contributed by atoms with Crippen molar-refractivity contribution in [1.29, 1.82) is 0 Å². The highest BCUT2D eigenvalue weighted by molar-refractivity contribution is 6.83. The number of carbonyl (C=O) groups is 1. The highest BCUT2D eigenvalue weighted by Crippen LogP contribution is 2.42. The molecule has 0 spiro atoms. The predicted octanol–water partition coefficient (Wildman–Crippen LogP) is 4.27. The van der Waals surface area contributed by atoms with Gasteiger partial charge >= 0.3 is 5.97 Å². The molecule has 0 saturated carbocycles. The lowest BCUT2D eigenvalue weighted by Gasteiger charge is -2.40. The molecule has 0 N–H and O–H groups in total. The van der Waals surface area contributed by atoms with Gasteiger partial charge in [0, 0.05) is 12.3 Å². The molecule has 1 aliphatic rings. The van der Waals surface area contributed by atoms with Crippen molar-refractivity contribution < 1.29 is 9.53 Å². The van der Waals surface area contributed by atoms with Crippen molar-refractivity contribution in [2.45, 2.75) is 45.8 Å². The Hall–Kier alpha value is -1.09. The van der Waals surface area contributed by atoms with Gasteiger partial charge in [-0.05, 0) is 19.3 Å². The van der Waals surface area contributed by atoms with Gasteiger partial charge in [0.15, 0.2) is 0 Å². The van der Waals surface area contributed by atoms with Crippen molar-refractivity contribution >= 4 is 14.0 Å². The monoisotopic (exact) mass is 278 g/mol. The zero-order valence-corrected chi connectivity index (χ0v) is 13.7. The summed E-state index contributed by atoms with van der Waals surface area (Å²) >= 11 is 0. The lowest BCUT2D eigenvalue weighted by atomic mass is 9.80. The summed E-state index contributed by atoms with van der Waals surface area (Å²) in [6.45, 7) is 12.8. The van der Waals surface area contributed by atoms with E-state index in [1.807, 2.05) is 6.08 Å². The van der Waals surface area contributed by atoms with Crippen LogP contribution in [-0.4, -0.2) is 20.7 Å². The first kappa shape index (κ1) is 16.0. The number of rotatable bonds is 6. The van der Waals surface area contributed by atoms with Crippen LogP contribution < -0.4 is 0 Å². The van der Waals surface area contributed by atoms with Crippen molar-refractivity contribution in [3.63, 3.8) is 0 Å². The van der Waals surface area contributed by atoms with E-state index in [1.165, 1.54) is 12.1 Å². The molecule has 3 heteroatoms. The van der Waals surface area contributed by atoms with E-state index in [1.54, 1.807) is 0 Å². The second-order valence-electron chi connectivity index (χ2n) is 6.27. The van der Waals surface area contributed by atoms with Crippen molar-refractivity contribution in [3.05, 3.63) is 36.1 Å². The van der Waals surface area contributed by atoms with E-state index in [2.05, 4.69) is 44.4 Å². The first-order valence-electron chi connectivity index (χ1n) is 6.95. The topological polar surface area (TPSA) is 26.3 Å². The van der Waals surface area contributed by atoms with Crippen LogP contribution in [0.25, 0.3) is 0 Å². The highest BCUT2D eigenvalue weighted by atomic mass is 28.3. The van der Waals surface area contributed by atoms with Gasteiger partial charge in [-0.25, -0.2) is 0 Å². The third-order valence-electron chi connectivity index (χ3n) is 3.57. The van der Waals surface area contributed by atoms with Crippen LogP contribution in [0.5, 0.6) is 0 Å². The van der Waals surface area contributed by atoms with E-state index in [9.17, 15) is 4.79 Å². The number of allylic oxidation sites excluding steroid dienone is 3. The summed E-state index contributed by atoms with van der Waals surface area (Å²) < 4.78 is 5.36. The molecule has 0 heterocycles. The molecule has 0 saturated heterocycles. The van der Waals surface area contributed by atoms with E-state index in [-0.39, 0.29) is 11.4 Å². The molecule has 0 bridgehead atoms. The van der Waals surface area contributed by atoms with Gasteiger partial charge < -0.3 is 4.74 Å². The van der Waals surface area contributed by atoms with E-state index < -0.39 is 8.07 Å². The Morgan fingerprint density at radius 2 is 2.21 bits per heavy atom. The van der Waals surface area contributed by atoms with Crippen molar-refractivity contribution in [1.82, 2.24) is 0 Å². The van der Waals surface area contributed by atoms with Crippen LogP contribution in [0.3, 0.4) is 0 Å². The van der Waals surface area contributed by atoms with E-state index >= 15 is 0 Å². The largest absolute Gasteiger partial charge is 0.465 e. The molecule has 0 aromatic heterocycles. The molecule has 0 amide bonds. The molecular formula is C16H26O2Si. The summed E-state index contributed by atoms with van der Waals surface area (Å²) in [5.41, 5.74) is -0.109. The van der Waals surface area contributed by atoms with Crippen molar-refractivity contribution in [3.8, 4) is 0 Å². The molecule has 1 atom stereocenters. The predicted molar refractivity (Wildman–Crippen MR) is 83.7 cm³/mol. The third-order valence-corrected chi connectivity index (χ3v) is 5.88. The van der Waals surface area contributed by atoms with Crippen LogP contribution in [0.2, 0.25) is 19.6 Å². The minimum atomic E-state index is -1.43. The summed E-state index contributed by atoms with van der Waals surface area (Å²) in [6, 6.07) is 0. The summed E-state index contributed by atoms with van der Waals surface area (Å²) in [5.74, 6) is -0.202. The molecule has 1 rings (SSSR count). The van der Waals surface area contributed by atoms with Gasteiger partial charge in [-0.1, -0.05) is 49.1 Å². The SMILES string of the molecule is C=CCCC1(COC(C)=O)C=CCC=C1[Si](C)(C)C. The molecule has 0 aromatic carbocycles. The quantitative estimate of drug-likeness (QED) is 0.412. The number of ether oxygens (including phenoxy) is 1. The van der Waals surface area contributed by atoms with Gasteiger partial charge in [0.05, 0.1) is 8.07 Å². The van der Waals surface area contributed by atoms with Gasteiger partial charge in [0.2, 0.25) is 0 Å². The Kier molecular flexibility index (Phi) is 5.35. The Labute approximate surface area is 118 Å². The fraction of sp³-hybridized carbons (Fsp3) is 0.562. The summed E-state index contributed by atoms with van der Waals surface area (Å²) in [4.78, 5) is 11.2. The molecule has 0 aromatic rings. The van der Waals surface area contributed by atoms with E-state index in [0.717, 1.165) is 19.3 Å². The fourth-order valence-corrected chi connectivity index (χ4v) is 5.34. The van der Waals surface area contributed by atoms with Gasteiger partial charge in [-0.3, -0.25) is 4.79 Å². The van der Waals surface area contributed by atoms with Crippen LogP contribution in [0.1, 0.15) is 26.2 Å². The van der Waals surface area contributed by atoms with Crippen LogP contribution in [-0.2, 0) is 9.53 Å². The molecule has 19 heavy (non-hydrogen) atoms. The van der Waals surface area contributed by atoms with Gasteiger partial charge in [-0.15, -0.1) is 6.58 Å². The average Bonchev–Trinajstić information content (AvgIpc) is 2.33. The lowest BCUT2D eigenvalue weighted by Crippen LogP contribution is -2.40. The normalized spacial score (nSPS) is 22.8. The molecule has 1 aliphatic carbocycles. The maximum Gasteiger partial charge on any atom is 0.302 e. The minimum Gasteiger partial charge on any atom is -0.465 e. The standard InChI is InChI=1S/C16H26O2Si/c1-6-7-11-16(13-18-14(2)17)12-9-8-10-15(16)19(3,4)5/h6,9-10,12H,1,7-8,11,13H2,2-5H3. The zero-order valence-electron chi connectivity index (χ0n) is 12.7.